The van der Waals surface area contributed by atoms with Crippen LogP contribution < -0.4 is 14.2 Å². The number of benzene rings is 2. The highest BCUT2D eigenvalue weighted by atomic mass is 32.2. The molecule has 12 heteroatoms. The molecule has 0 atom stereocenters. The molecule has 0 radical (unpaired) electrons. The lowest BCUT2D eigenvalue weighted by molar-refractivity contribution is -0.114. The zero-order valence-electron chi connectivity index (χ0n) is 19.1. The summed E-state index contributed by atoms with van der Waals surface area (Å²) in [5, 5.41) is 8.13. The third kappa shape index (κ3) is 5.23. The quantitative estimate of drug-likeness (QED) is 0.339. The number of hydrogen-bond acceptors (Lipinski definition) is 9. The van der Waals surface area contributed by atoms with E-state index >= 15 is 0 Å². The van der Waals surface area contributed by atoms with Gasteiger partial charge in [-0.1, -0.05) is 24.3 Å². The Labute approximate surface area is 206 Å². The average molecular weight is 515 g/mol. The fraction of sp³-hybridized carbons (Fsp3) is 0.217. The van der Waals surface area contributed by atoms with Crippen molar-refractivity contribution in [3.63, 3.8) is 0 Å². The van der Waals surface area contributed by atoms with Crippen LogP contribution in [0, 0.1) is 12.3 Å². The van der Waals surface area contributed by atoms with Gasteiger partial charge in [0.05, 0.1) is 24.6 Å². The van der Waals surface area contributed by atoms with E-state index in [9.17, 15) is 13.2 Å². The number of carbonyl (C=O) groups is 1. The number of ether oxygens (including phenoxy) is 3. The summed E-state index contributed by atoms with van der Waals surface area (Å²) in [6.45, 7) is 2.59. The molecule has 0 aliphatic carbocycles. The van der Waals surface area contributed by atoms with Gasteiger partial charge in [0.15, 0.2) is 11.5 Å². The first-order valence-corrected chi connectivity index (χ1v) is 13.0. The Morgan fingerprint density at radius 2 is 1.80 bits per heavy atom. The van der Waals surface area contributed by atoms with Crippen molar-refractivity contribution in [2.75, 3.05) is 26.6 Å². The Kier molecular flexibility index (Phi) is 6.94. The molecule has 4 rings (SSSR count). The van der Waals surface area contributed by atoms with Gasteiger partial charge in [0, 0.05) is 6.26 Å². The van der Waals surface area contributed by atoms with Gasteiger partial charge in [-0.25, -0.2) is 13.3 Å². The van der Waals surface area contributed by atoms with Crippen LogP contribution >= 0.6 is 11.9 Å². The van der Waals surface area contributed by atoms with Crippen molar-refractivity contribution >= 4 is 49.9 Å². The molecule has 2 aromatic carbocycles. The number of hydrogen-bond donors (Lipinski definition) is 1. The van der Waals surface area contributed by atoms with E-state index in [0.717, 1.165) is 34.4 Å². The zero-order chi connectivity index (χ0) is 25.2. The highest BCUT2D eigenvalue weighted by Crippen LogP contribution is 2.32. The van der Waals surface area contributed by atoms with Crippen LogP contribution in [-0.4, -0.2) is 62.0 Å². The summed E-state index contributed by atoms with van der Waals surface area (Å²) >= 11 is 0.743. The minimum Gasteiger partial charge on any atom is -0.493 e. The summed E-state index contributed by atoms with van der Waals surface area (Å²) in [6, 6.07) is 12.7. The largest absolute Gasteiger partial charge is 0.493 e. The monoisotopic (exact) mass is 514 g/mol. The number of nitrogens with zero attached hydrogens (tertiary/aromatic N) is 3. The van der Waals surface area contributed by atoms with Gasteiger partial charge in [-0.2, -0.15) is 9.39 Å². The van der Waals surface area contributed by atoms with Crippen molar-refractivity contribution in [1.82, 2.24) is 4.90 Å². The summed E-state index contributed by atoms with van der Waals surface area (Å²) in [6.07, 6.45) is 2.43. The van der Waals surface area contributed by atoms with Crippen molar-refractivity contribution in [2.45, 2.75) is 6.92 Å². The van der Waals surface area contributed by atoms with Gasteiger partial charge >= 0.3 is 0 Å². The fourth-order valence-corrected chi connectivity index (χ4v) is 5.16. The fourth-order valence-electron chi connectivity index (χ4n) is 3.32. The van der Waals surface area contributed by atoms with Gasteiger partial charge in [-0.3, -0.25) is 10.2 Å². The molecule has 2 heterocycles. The molecule has 2 aliphatic rings. The predicted molar refractivity (Wildman–Crippen MR) is 135 cm³/mol. The smallest absolute Gasteiger partial charge is 0.283 e. The van der Waals surface area contributed by atoms with E-state index in [1.54, 1.807) is 18.2 Å². The average Bonchev–Trinajstić information content (AvgIpc) is 3.25. The summed E-state index contributed by atoms with van der Waals surface area (Å²) < 4.78 is 44.9. The van der Waals surface area contributed by atoms with Gasteiger partial charge in [0.1, 0.15) is 24.8 Å². The van der Waals surface area contributed by atoms with Crippen molar-refractivity contribution in [1.29, 1.82) is 5.41 Å². The number of nitrogens with one attached hydrogen (secondary N) is 1. The maximum absolute atomic E-state index is 12.5. The lowest BCUT2D eigenvalue weighted by Gasteiger charge is -2.23. The van der Waals surface area contributed by atoms with Crippen LogP contribution in [0.4, 0.5) is 0 Å². The molecule has 0 aromatic heterocycles. The van der Waals surface area contributed by atoms with E-state index in [0.29, 0.717) is 23.7 Å². The normalized spacial score (nSPS) is 16.7. The minimum absolute atomic E-state index is 0.0341. The lowest BCUT2D eigenvalue weighted by atomic mass is 10.1. The second-order valence-electron chi connectivity index (χ2n) is 7.55. The number of para-hydroxylation sites is 1. The number of amides is 1. The Bertz CT molecular complexity index is 1400. The first-order valence-electron chi connectivity index (χ1n) is 10.4. The van der Waals surface area contributed by atoms with Crippen molar-refractivity contribution in [3.05, 3.63) is 59.2 Å². The second-order valence-corrected chi connectivity index (χ2v) is 10.2. The maximum Gasteiger partial charge on any atom is 0.283 e. The number of methoxy groups -OCH3 is 1. The number of fused-ring (bicyclic) bond motifs is 1. The molecule has 0 saturated heterocycles. The van der Waals surface area contributed by atoms with Gasteiger partial charge in [0.2, 0.25) is 20.2 Å². The molecule has 1 N–H and O–H groups in total. The van der Waals surface area contributed by atoms with Crippen LogP contribution in [-0.2, 0) is 14.6 Å². The van der Waals surface area contributed by atoms with Crippen LogP contribution in [0.25, 0.3) is 6.08 Å². The molecule has 2 aromatic rings. The van der Waals surface area contributed by atoms with E-state index in [2.05, 4.69) is 9.39 Å². The molecular formula is C23H22N4O6S2. The lowest BCUT2D eigenvalue weighted by Crippen LogP contribution is -2.45. The first kappa shape index (κ1) is 24.5. The van der Waals surface area contributed by atoms with Gasteiger partial charge in [0.25, 0.3) is 5.91 Å². The summed E-state index contributed by atoms with van der Waals surface area (Å²) in [4.78, 5) is 17.5. The number of carbonyl (C=O) groups excluding carboxylic acids is 1. The molecule has 182 valence electrons. The van der Waals surface area contributed by atoms with Crippen molar-refractivity contribution < 1.29 is 27.4 Å². The van der Waals surface area contributed by atoms with Gasteiger partial charge in [-0.15, -0.1) is 0 Å². The van der Waals surface area contributed by atoms with E-state index in [1.165, 1.54) is 13.2 Å². The number of aryl methyl sites for hydroxylation is 1. The number of amidine groups is 3. The molecule has 0 unspecified atom stereocenters. The first-order chi connectivity index (χ1) is 16.7. The summed E-state index contributed by atoms with van der Waals surface area (Å²) in [5.74, 6) is 0.712. The molecule has 2 aliphatic heterocycles. The highest BCUT2D eigenvalue weighted by Gasteiger charge is 2.41. The second kappa shape index (κ2) is 9.92. The Morgan fingerprint density at radius 1 is 1.09 bits per heavy atom. The summed E-state index contributed by atoms with van der Waals surface area (Å²) in [7, 11) is -2.23. The van der Waals surface area contributed by atoms with Crippen molar-refractivity contribution in [2.24, 2.45) is 9.39 Å². The maximum atomic E-state index is 12.5. The third-order valence-corrected chi connectivity index (χ3v) is 6.77. The van der Waals surface area contributed by atoms with Crippen LogP contribution in [0.5, 0.6) is 17.2 Å². The number of sulfone groups is 1. The highest BCUT2D eigenvalue weighted by molar-refractivity contribution is 8.16. The topological polar surface area (TPSA) is 131 Å². The molecular weight excluding hydrogens is 492 g/mol. The number of rotatable bonds is 7. The zero-order valence-corrected chi connectivity index (χ0v) is 20.8. The number of aliphatic imine (C=N–C) groups is 1. The van der Waals surface area contributed by atoms with Crippen LogP contribution in [0.1, 0.15) is 11.1 Å². The molecule has 0 spiro atoms. The predicted octanol–water partition coefficient (Wildman–Crippen LogP) is 3.08. The molecule has 35 heavy (non-hydrogen) atoms. The standard InChI is InChI=1S/C23H22N4O6S2/c1-14-6-4-5-7-17(14)32-10-11-33-18-9-8-15(13-19(18)31-2)12-16-20(24)27-22(25-21(16)28)34-26-23(27)35(3,29)30/h4-9,12-13,24H,10-11H2,1-3H3/b16-12-,24-20?. The van der Waals surface area contributed by atoms with Crippen LogP contribution in [0.2, 0.25) is 0 Å². The van der Waals surface area contributed by atoms with E-state index in [4.69, 9.17) is 19.6 Å². The van der Waals surface area contributed by atoms with Crippen LogP contribution in [0.3, 0.4) is 0 Å². The van der Waals surface area contributed by atoms with Crippen LogP contribution in [0.15, 0.2) is 57.4 Å². The Morgan fingerprint density at radius 3 is 2.49 bits per heavy atom. The third-order valence-electron chi connectivity index (χ3n) is 5.02. The summed E-state index contributed by atoms with van der Waals surface area (Å²) in [5.41, 5.74) is 1.50. The van der Waals surface area contributed by atoms with Crippen molar-refractivity contribution in [3.8, 4) is 17.2 Å². The molecule has 0 fully saturated rings. The van der Waals surface area contributed by atoms with E-state index < -0.39 is 15.7 Å². The Balaban J connectivity index is 1.49. The Hall–Kier alpha value is -3.64. The molecule has 0 saturated carbocycles. The van der Waals surface area contributed by atoms with Gasteiger partial charge < -0.3 is 14.2 Å². The van der Waals surface area contributed by atoms with E-state index in [-0.39, 0.29) is 28.4 Å². The SMILES string of the molecule is COc1cc(/C=C2/C(=N)N3C(=NC2=O)SN=C3S(C)(=O)=O)ccc1OCCOc1ccccc1C. The molecule has 1 amide bonds. The molecule has 10 nitrogen and oxygen atoms in total. The molecule has 0 bridgehead atoms. The van der Waals surface area contributed by atoms with Gasteiger partial charge in [-0.05, 0) is 42.3 Å². The minimum atomic E-state index is -3.72. The van der Waals surface area contributed by atoms with E-state index in [1.807, 2.05) is 31.2 Å².